The van der Waals surface area contributed by atoms with Crippen LogP contribution in [0.1, 0.15) is 50.7 Å². The highest BCUT2D eigenvalue weighted by Crippen LogP contribution is 2.34. The highest BCUT2D eigenvalue weighted by atomic mass is 32.1. The lowest BCUT2D eigenvalue weighted by atomic mass is 9.95. The van der Waals surface area contributed by atoms with Crippen LogP contribution in [0.5, 0.6) is 0 Å². The van der Waals surface area contributed by atoms with Crippen molar-refractivity contribution in [3.05, 3.63) is 33.5 Å². The van der Waals surface area contributed by atoms with Gasteiger partial charge in [-0.15, -0.1) is 11.3 Å². The van der Waals surface area contributed by atoms with Gasteiger partial charge >= 0.3 is 0 Å². The van der Waals surface area contributed by atoms with Gasteiger partial charge in [-0.1, -0.05) is 13.3 Å². The number of thiophene rings is 1. The Morgan fingerprint density at radius 2 is 2.16 bits per heavy atom. The first-order valence-corrected chi connectivity index (χ1v) is 9.67. The minimum absolute atomic E-state index is 0.0634. The number of nitrogens with zero attached hydrogens (tertiary/aromatic N) is 3. The molecule has 0 spiro atoms. The first-order chi connectivity index (χ1) is 11.9. The topological polar surface area (TPSA) is 57.0 Å². The molecule has 5 nitrogen and oxygen atoms in total. The number of unbranched alkanes of at least 4 members (excludes halogenated alkanes) is 1. The molecule has 0 aliphatic carbocycles. The van der Waals surface area contributed by atoms with Crippen molar-refractivity contribution in [2.45, 2.75) is 65.7 Å². The number of aryl methyl sites for hydroxylation is 1. The summed E-state index contributed by atoms with van der Waals surface area (Å²) in [6, 6.07) is 2.12. The van der Waals surface area contributed by atoms with Crippen molar-refractivity contribution < 1.29 is 4.74 Å². The predicted molar refractivity (Wildman–Crippen MR) is 101 cm³/mol. The van der Waals surface area contributed by atoms with E-state index in [1.54, 1.807) is 4.57 Å². The van der Waals surface area contributed by atoms with E-state index in [0.29, 0.717) is 11.3 Å². The normalized spacial score (nSPS) is 16.5. The molecule has 1 aliphatic heterocycles. The Bertz CT molecular complexity index is 1030. The molecule has 1 aliphatic rings. The molecule has 0 saturated heterocycles. The average Bonchev–Trinajstić information content (AvgIpc) is 2.90. The summed E-state index contributed by atoms with van der Waals surface area (Å²) in [7, 11) is 0. The van der Waals surface area contributed by atoms with Crippen molar-refractivity contribution in [2.75, 3.05) is 0 Å². The van der Waals surface area contributed by atoms with Crippen molar-refractivity contribution in [3.63, 3.8) is 0 Å². The fourth-order valence-electron chi connectivity index (χ4n) is 3.42. The first kappa shape index (κ1) is 16.7. The van der Waals surface area contributed by atoms with E-state index in [-0.39, 0.29) is 11.2 Å². The van der Waals surface area contributed by atoms with Gasteiger partial charge in [-0.25, -0.2) is 9.97 Å². The predicted octanol–water partition coefficient (Wildman–Crippen LogP) is 3.97. The van der Waals surface area contributed by atoms with Gasteiger partial charge in [0.2, 0.25) is 0 Å². The highest BCUT2D eigenvalue weighted by Gasteiger charge is 2.28. The van der Waals surface area contributed by atoms with E-state index in [2.05, 4.69) is 26.8 Å². The third-order valence-electron chi connectivity index (χ3n) is 4.88. The summed E-state index contributed by atoms with van der Waals surface area (Å²) in [4.78, 5) is 23.4. The Kier molecular flexibility index (Phi) is 3.92. The van der Waals surface area contributed by atoms with Crippen molar-refractivity contribution in [1.82, 2.24) is 14.5 Å². The van der Waals surface area contributed by atoms with Crippen LogP contribution in [0.15, 0.2) is 10.9 Å². The highest BCUT2D eigenvalue weighted by molar-refractivity contribution is 7.25. The number of aromatic nitrogens is 3. The van der Waals surface area contributed by atoms with Crippen LogP contribution in [0, 0.1) is 6.92 Å². The Balaban J connectivity index is 1.93. The molecule has 3 aromatic rings. The molecule has 132 valence electrons. The van der Waals surface area contributed by atoms with Crippen molar-refractivity contribution in [1.29, 1.82) is 0 Å². The van der Waals surface area contributed by atoms with Crippen LogP contribution in [0.4, 0.5) is 0 Å². The number of ether oxygens (including phenoxy) is 1. The molecule has 0 aromatic carbocycles. The monoisotopic (exact) mass is 357 g/mol. The maximum Gasteiger partial charge on any atom is 0.271 e. The number of rotatable bonds is 3. The summed E-state index contributed by atoms with van der Waals surface area (Å²) in [5, 5.41) is 0.977. The van der Waals surface area contributed by atoms with Gasteiger partial charge in [-0.2, -0.15) is 0 Å². The van der Waals surface area contributed by atoms with Gasteiger partial charge in [0.15, 0.2) is 0 Å². The van der Waals surface area contributed by atoms with E-state index in [1.807, 2.05) is 6.92 Å². The molecule has 0 atom stereocenters. The van der Waals surface area contributed by atoms with E-state index >= 15 is 0 Å². The van der Waals surface area contributed by atoms with Gasteiger partial charge in [0.05, 0.1) is 23.4 Å². The molecule has 0 unspecified atom stereocenters. The zero-order valence-electron chi connectivity index (χ0n) is 15.2. The molecule has 4 heterocycles. The molecule has 0 bridgehead atoms. The molecule has 25 heavy (non-hydrogen) atoms. The fourth-order valence-corrected chi connectivity index (χ4v) is 4.49. The minimum atomic E-state index is -0.188. The van der Waals surface area contributed by atoms with Gasteiger partial charge < -0.3 is 4.74 Å². The lowest BCUT2D eigenvalue weighted by Gasteiger charge is -2.30. The third kappa shape index (κ3) is 2.77. The lowest BCUT2D eigenvalue weighted by molar-refractivity contribution is -0.0411. The quantitative estimate of drug-likeness (QED) is 0.712. The van der Waals surface area contributed by atoms with Crippen molar-refractivity contribution in [3.8, 4) is 0 Å². The summed E-state index contributed by atoms with van der Waals surface area (Å²) in [6.45, 7) is 9.51. The van der Waals surface area contributed by atoms with E-state index in [4.69, 9.17) is 14.7 Å². The Hall–Kier alpha value is -1.79. The maximum atomic E-state index is 12.9. The maximum absolute atomic E-state index is 12.9. The smallest absolute Gasteiger partial charge is 0.271 e. The van der Waals surface area contributed by atoms with Crippen LogP contribution in [0.25, 0.3) is 20.4 Å². The van der Waals surface area contributed by atoms with Crippen molar-refractivity contribution in [2.24, 2.45) is 0 Å². The number of hydrogen-bond acceptors (Lipinski definition) is 5. The van der Waals surface area contributed by atoms with Crippen LogP contribution < -0.4 is 5.56 Å². The van der Waals surface area contributed by atoms with Crippen LogP contribution in [-0.4, -0.2) is 20.1 Å². The zero-order valence-corrected chi connectivity index (χ0v) is 16.0. The number of pyridine rings is 1. The molecule has 0 saturated carbocycles. The second-order valence-corrected chi connectivity index (χ2v) is 8.42. The summed E-state index contributed by atoms with van der Waals surface area (Å²) in [5.41, 5.74) is 2.86. The minimum Gasteiger partial charge on any atom is -0.370 e. The molecule has 0 amide bonds. The van der Waals surface area contributed by atoms with Crippen LogP contribution >= 0.6 is 11.3 Å². The van der Waals surface area contributed by atoms with Crippen LogP contribution in [0.2, 0.25) is 0 Å². The number of hydrogen-bond donors (Lipinski definition) is 0. The summed E-state index contributed by atoms with van der Waals surface area (Å²) < 4.78 is 8.43. The Morgan fingerprint density at radius 1 is 1.36 bits per heavy atom. The third-order valence-corrected chi connectivity index (χ3v) is 5.95. The van der Waals surface area contributed by atoms with Gasteiger partial charge in [0.1, 0.15) is 15.4 Å². The van der Waals surface area contributed by atoms with Gasteiger partial charge in [-0.05, 0) is 33.3 Å². The van der Waals surface area contributed by atoms with E-state index in [1.165, 1.54) is 11.3 Å². The molecule has 4 rings (SSSR count). The first-order valence-electron chi connectivity index (χ1n) is 8.86. The number of fused-ring (bicyclic) bond motifs is 4. The summed E-state index contributed by atoms with van der Waals surface area (Å²) in [6.07, 6.45) is 2.83. The molecule has 6 heteroatoms. The van der Waals surface area contributed by atoms with Gasteiger partial charge in [0, 0.05) is 23.9 Å². The summed E-state index contributed by atoms with van der Waals surface area (Å²) in [5.74, 6) is 0.778. The zero-order chi connectivity index (χ0) is 17.8. The van der Waals surface area contributed by atoms with Crippen LogP contribution in [-0.2, 0) is 24.3 Å². The van der Waals surface area contributed by atoms with Crippen molar-refractivity contribution >= 4 is 31.8 Å². The standard InChI is InChI=1S/C19H23N3O2S/c1-5-6-7-22-11(2)20-15-13-8-12-10-24-19(3,4)9-14(12)21-17(13)25-16(15)18(22)23/h8H,5-7,9-10H2,1-4H3. The molecule has 0 fully saturated rings. The second-order valence-electron chi connectivity index (χ2n) is 7.42. The van der Waals surface area contributed by atoms with Gasteiger partial charge in [-0.3, -0.25) is 9.36 Å². The molecular weight excluding hydrogens is 334 g/mol. The second kappa shape index (κ2) is 5.88. The molecule has 0 radical (unpaired) electrons. The molecular formula is C19H23N3O2S. The molecule has 3 aromatic heterocycles. The van der Waals surface area contributed by atoms with Crippen LogP contribution in [0.3, 0.4) is 0 Å². The SMILES string of the molecule is CCCCn1c(C)nc2c(sc3nc4c(cc32)COC(C)(C)C4)c1=O. The Labute approximate surface area is 150 Å². The van der Waals surface area contributed by atoms with E-state index in [0.717, 1.165) is 58.6 Å². The fraction of sp³-hybridized carbons (Fsp3) is 0.526. The van der Waals surface area contributed by atoms with E-state index in [9.17, 15) is 4.79 Å². The lowest BCUT2D eigenvalue weighted by Crippen LogP contribution is -2.32. The molecule has 0 N–H and O–H groups in total. The summed E-state index contributed by atoms with van der Waals surface area (Å²) >= 11 is 1.47. The van der Waals surface area contributed by atoms with E-state index < -0.39 is 0 Å². The average molecular weight is 357 g/mol. The largest absolute Gasteiger partial charge is 0.370 e. The van der Waals surface area contributed by atoms with Gasteiger partial charge in [0.25, 0.3) is 5.56 Å². The Morgan fingerprint density at radius 3 is 2.92 bits per heavy atom.